The molecule has 1 unspecified atom stereocenters. The zero-order valence-electron chi connectivity index (χ0n) is 14.9. The van der Waals surface area contributed by atoms with Crippen LogP contribution in [0.15, 0.2) is 65.3 Å². The lowest BCUT2D eigenvalue weighted by atomic mass is 9.90. The zero-order valence-corrected chi connectivity index (χ0v) is 16.5. The first-order valence-corrected chi connectivity index (χ1v) is 9.99. The van der Waals surface area contributed by atoms with Crippen LogP contribution in [0, 0.1) is 5.92 Å². The number of pyridine rings is 1. The number of likely N-dealkylation sites (tertiary alicyclic amines) is 1. The number of hydrogen-bond donors (Lipinski definition) is 1. The molecule has 1 atom stereocenters. The SMILES string of the molecule is O=C(O)C1CCN(C(c2cccc(Br)c2)c2ccnc3ccccc23)CC1. The Balaban J connectivity index is 1.78. The molecule has 0 aliphatic carbocycles. The number of carboxylic acids is 1. The van der Waals surface area contributed by atoms with E-state index < -0.39 is 5.97 Å². The molecule has 1 aliphatic heterocycles. The summed E-state index contributed by atoms with van der Waals surface area (Å²) in [5.41, 5.74) is 3.40. The highest BCUT2D eigenvalue weighted by atomic mass is 79.9. The van der Waals surface area contributed by atoms with Crippen LogP contribution in [-0.4, -0.2) is 34.0 Å². The molecule has 1 aliphatic rings. The van der Waals surface area contributed by atoms with Crippen molar-refractivity contribution in [2.24, 2.45) is 5.92 Å². The summed E-state index contributed by atoms with van der Waals surface area (Å²) in [5.74, 6) is -0.915. The van der Waals surface area contributed by atoms with E-state index in [9.17, 15) is 9.90 Å². The van der Waals surface area contributed by atoms with Crippen molar-refractivity contribution in [1.82, 2.24) is 9.88 Å². The van der Waals surface area contributed by atoms with Crippen LogP contribution >= 0.6 is 15.9 Å². The number of aliphatic carboxylic acids is 1. The number of piperidine rings is 1. The fourth-order valence-electron chi connectivity index (χ4n) is 4.02. The molecule has 4 nitrogen and oxygen atoms in total. The van der Waals surface area contributed by atoms with Gasteiger partial charge in [-0.05, 0) is 61.3 Å². The van der Waals surface area contributed by atoms with Gasteiger partial charge >= 0.3 is 5.97 Å². The lowest BCUT2D eigenvalue weighted by molar-refractivity contribution is -0.143. The monoisotopic (exact) mass is 424 g/mol. The second-order valence-electron chi connectivity index (χ2n) is 7.02. The van der Waals surface area contributed by atoms with Gasteiger partial charge in [-0.1, -0.05) is 46.3 Å². The molecule has 2 aromatic carbocycles. The molecule has 138 valence electrons. The quantitative estimate of drug-likeness (QED) is 0.647. The number of nitrogens with zero attached hydrogens (tertiary/aromatic N) is 2. The molecule has 0 amide bonds. The predicted molar refractivity (Wildman–Crippen MR) is 110 cm³/mol. The number of para-hydroxylation sites is 1. The first-order valence-electron chi connectivity index (χ1n) is 9.19. The van der Waals surface area contributed by atoms with Crippen LogP contribution < -0.4 is 0 Å². The molecule has 1 N–H and O–H groups in total. The Morgan fingerprint density at radius 3 is 2.63 bits per heavy atom. The number of halogens is 1. The van der Waals surface area contributed by atoms with Gasteiger partial charge in [-0.25, -0.2) is 0 Å². The number of carboxylic acid groups (broad SMARTS) is 1. The van der Waals surface area contributed by atoms with E-state index in [1.807, 2.05) is 30.5 Å². The molecule has 4 rings (SSSR count). The van der Waals surface area contributed by atoms with Crippen LogP contribution in [0.3, 0.4) is 0 Å². The van der Waals surface area contributed by atoms with Crippen LogP contribution in [0.4, 0.5) is 0 Å². The summed E-state index contributed by atoms with van der Waals surface area (Å²) in [7, 11) is 0. The lowest BCUT2D eigenvalue weighted by Crippen LogP contribution is -2.39. The number of rotatable bonds is 4. The van der Waals surface area contributed by atoms with Crippen molar-refractivity contribution in [3.63, 3.8) is 0 Å². The number of fused-ring (bicyclic) bond motifs is 1. The highest BCUT2D eigenvalue weighted by Crippen LogP contribution is 2.36. The normalized spacial score (nSPS) is 17.1. The first kappa shape index (κ1) is 18.1. The van der Waals surface area contributed by atoms with Crippen LogP contribution in [-0.2, 0) is 4.79 Å². The van der Waals surface area contributed by atoms with Crippen molar-refractivity contribution in [2.45, 2.75) is 18.9 Å². The van der Waals surface area contributed by atoms with Crippen molar-refractivity contribution >= 4 is 32.8 Å². The van der Waals surface area contributed by atoms with E-state index in [-0.39, 0.29) is 12.0 Å². The van der Waals surface area contributed by atoms with E-state index in [0.29, 0.717) is 12.8 Å². The molecular formula is C22H21BrN2O2. The van der Waals surface area contributed by atoms with Crippen LogP contribution in [0.1, 0.15) is 30.0 Å². The predicted octanol–water partition coefficient (Wildman–Crippen LogP) is 4.88. The van der Waals surface area contributed by atoms with Crippen molar-refractivity contribution in [2.75, 3.05) is 13.1 Å². The highest BCUT2D eigenvalue weighted by molar-refractivity contribution is 9.10. The molecule has 1 aromatic heterocycles. The Hall–Kier alpha value is -2.24. The van der Waals surface area contributed by atoms with E-state index >= 15 is 0 Å². The van der Waals surface area contributed by atoms with Gasteiger partial charge in [-0.15, -0.1) is 0 Å². The summed E-state index contributed by atoms with van der Waals surface area (Å²) < 4.78 is 1.05. The summed E-state index contributed by atoms with van der Waals surface area (Å²) in [6.45, 7) is 1.54. The van der Waals surface area contributed by atoms with Gasteiger partial charge in [0.2, 0.25) is 0 Å². The molecule has 3 aromatic rings. The lowest BCUT2D eigenvalue weighted by Gasteiger charge is -2.37. The molecule has 1 fully saturated rings. The Morgan fingerprint density at radius 2 is 1.89 bits per heavy atom. The minimum atomic E-state index is -0.678. The highest BCUT2D eigenvalue weighted by Gasteiger charge is 2.31. The molecule has 0 bridgehead atoms. The van der Waals surface area contributed by atoms with Gasteiger partial charge in [-0.2, -0.15) is 0 Å². The third kappa shape index (κ3) is 3.75. The zero-order chi connectivity index (χ0) is 18.8. The summed E-state index contributed by atoms with van der Waals surface area (Å²) in [5, 5.41) is 10.5. The average Bonchev–Trinajstić information content (AvgIpc) is 2.69. The fraction of sp³-hybridized carbons (Fsp3) is 0.273. The van der Waals surface area contributed by atoms with Gasteiger partial charge in [0.25, 0.3) is 0 Å². The molecule has 0 saturated carbocycles. The summed E-state index contributed by atoms with van der Waals surface area (Å²) in [4.78, 5) is 18.3. The Morgan fingerprint density at radius 1 is 1.11 bits per heavy atom. The average molecular weight is 425 g/mol. The minimum Gasteiger partial charge on any atom is -0.481 e. The topological polar surface area (TPSA) is 53.4 Å². The first-order chi connectivity index (χ1) is 13.1. The van der Waals surface area contributed by atoms with E-state index in [1.165, 1.54) is 11.1 Å². The number of aromatic nitrogens is 1. The van der Waals surface area contributed by atoms with Crippen LogP contribution in [0.5, 0.6) is 0 Å². The molecular weight excluding hydrogens is 404 g/mol. The molecule has 1 saturated heterocycles. The molecule has 27 heavy (non-hydrogen) atoms. The van der Waals surface area contributed by atoms with E-state index in [4.69, 9.17) is 0 Å². The maximum Gasteiger partial charge on any atom is 0.306 e. The van der Waals surface area contributed by atoms with Crippen LogP contribution in [0.25, 0.3) is 10.9 Å². The Bertz CT molecular complexity index is 962. The number of carbonyl (C=O) groups is 1. The fourth-order valence-corrected chi connectivity index (χ4v) is 4.44. The maximum absolute atomic E-state index is 11.4. The standard InChI is InChI=1S/C22H21BrN2O2/c23-17-5-3-4-16(14-17)21(25-12-9-15(10-13-25)22(26)27)19-8-11-24-20-7-2-1-6-18(19)20/h1-8,11,14-15,21H,9-10,12-13H2,(H,26,27). The third-order valence-corrected chi connectivity index (χ3v) is 5.88. The smallest absolute Gasteiger partial charge is 0.306 e. The van der Waals surface area contributed by atoms with Gasteiger partial charge in [0.05, 0.1) is 17.5 Å². The second kappa shape index (κ2) is 7.79. The van der Waals surface area contributed by atoms with Crippen molar-refractivity contribution in [3.05, 3.63) is 76.4 Å². The maximum atomic E-state index is 11.4. The molecule has 0 spiro atoms. The van der Waals surface area contributed by atoms with E-state index in [1.54, 1.807) is 0 Å². The Kier molecular flexibility index (Phi) is 5.23. The van der Waals surface area contributed by atoms with Gasteiger partial charge in [0.15, 0.2) is 0 Å². The van der Waals surface area contributed by atoms with Gasteiger partial charge in [-0.3, -0.25) is 14.7 Å². The minimum absolute atomic E-state index is 0.0742. The number of benzene rings is 2. The largest absolute Gasteiger partial charge is 0.481 e. The molecule has 2 heterocycles. The number of hydrogen-bond acceptors (Lipinski definition) is 3. The molecule has 5 heteroatoms. The Labute approximate surface area is 167 Å². The van der Waals surface area contributed by atoms with E-state index in [2.05, 4.69) is 56.1 Å². The van der Waals surface area contributed by atoms with Crippen molar-refractivity contribution in [1.29, 1.82) is 0 Å². The van der Waals surface area contributed by atoms with Gasteiger partial charge in [0, 0.05) is 16.1 Å². The summed E-state index contributed by atoms with van der Waals surface area (Å²) in [6, 6.07) is 18.8. The van der Waals surface area contributed by atoms with Gasteiger partial charge < -0.3 is 5.11 Å². The second-order valence-corrected chi connectivity index (χ2v) is 7.94. The summed E-state index contributed by atoms with van der Waals surface area (Å²) >= 11 is 3.60. The van der Waals surface area contributed by atoms with Crippen LogP contribution in [0.2, 0.25) is 0 Å². The summed E-state index contributed by atoms with van der Waals surface area (Å²) in [6.07, 6.45) is 3.23. The van der Waals surface area contributed by atoms with E-state index in [0.717, 1.165) is 28.5 Å². The third-order valence-electron chi connectivity index (χ3n) is 5.39. The van der Waals surface area contributed by atoms with Gasteiger partial charge in [0.1, 0.15) is 0 Å². The molecule has 0 radical (unpaired) electrons. The van der Waals surface area contributed by atoms with Crippen molar-refractivity contribution < 1.29 is 9.90 Å². The van der Waals surface area contributed by atoms with Crippen molar-refractivity contribution in [3.8, 4) is 0 Å².